The van der Waals surface area contributed by atoms with Gasteiger partial charge in [0.1, 0.15) is 23.6 Å². The van der Waals surface area contributed by atoms with Crippen LogP contribution in [0.5, 0.6) is 0 Å². The number of piperazine rings is 1. The molecule has 3 aromatic heterocycles. The molecule has 2 fully saturated rings. The summed E-state index contributed by atoms with van der Waals surface area (Å²) in [6.07, 6.45) is 5.94. The molecule has 5 heterocycles. The van der Waals surface area contributed by atoms with Gasteiger partial charge in [0.25, 0.3) is 0 Å². The van der Waals surface area contributed by atoms with Gasteiger partial charge in [0, 0.05) is 66.1 Å². The fourth-order valence-electron chi connectivity index (χ4n) is 5.99. The third-order valence-corrected chi connectivity index (χ3v) is 8.53. The normalized spacial score (nSPS) is 17.4. The van der Waals surface area contributed by atoms with E-state index < -0.39 is 0 Å². The van der Waals surface area contributed by atoms with Crippen LogP contribution >= 0.6 is 0 Å². The number of pyridine rings is 1. The van der Waals surface area contributed by atoms with Gasteiger partial charge in [-0.3, -0.25) is 0 Å². The molecule has 2 aromatic carbocycles. The van der Waals surface area contributed by atoms with Crippen LogP contribution in [0, 0.1) is 0 Å². The third kappa shape index (κ3) is 5.42. The average molecular weight is 548 g/mol. The lowest BCUT2D eigenvalue weighted by Gasteiger charge is -2.34. The summed E-state index contributed by atoms with van der Waals surface area (Å²) in [6.45, 7) is 6.48. The quantitative estimate of drug-likeness (QED) is 0.268. The maximum Gasteiger partial charge on any atom is 0.140 e. The van der Waals surface area contributed by atoms with Gasteiger partial charge in [0.15, 0.2) is 0 Å². The van der Waals surface area contributed by atoms with Crippen LogP contribution in [0.2, 0.25) is 0 Å². The smallest absolute Gasteiger partial charge is 0.140 e. The van der Waals surface area contributed by atoms with Gasteiger partial charge in [0.2, 0.25) is 0 Å². The Morgan fingerprint density at radius 2 is 1.66 bits per heavy atom. The molecule has 3 N–H and O–H groups in total. The van der Waals surface area contributed by atoms with Crippen molar-refractivity contribution in [1.29, 1.82) is 0 Å². The number of rotatable bonds is 6. The molecule has 0 aliphatic carbocycles. The van der Waals surface area contributed by atoms with Crippen LogP contribution in [0.4, 0.5) is 23.0 Å². The van der Waals surface area contributed by atoms with Crippen molar-refractivity contribution in [2.75, 3.05) is 68.9 Å². The first-order chi connectivity index (χ1) is 20.1. The van der Waals surface area contributed by atoms with E-state index in [4.69, 9.17) is 4.98 Å². The number of piperidine rings is 1. The number of fused-ring (bicyclic) bond motifs is 2. The Morgan fingerprint density at radius 1 is 0.829 bits per heavy atom. The number of aromatic nitrogens is 4. The van der Waals surface area contributed by atoms with Crippen molar-refractivity contribution in [1.82, 2.24) is 29.7 Å². The lowest BCUT2D eigenvalue weighted by Crippen LogP contribution is -2.44. The van der Waals surface area contributed by atoms with Crippen LogP contribution in [0.25, 0.3) is 33.1 Å². The number of likely N-dealkylation sites (tertiary alicyclic amines) is 1. The minimum absolute atomic E-state index is 0.429. The predicted molar refractivity (Wildman–Crippen MR) is 168 cm³/mol. The second-order valence-corrected chi connectivity index (χ2v) is 11.4. The zero-order valence-corrected chi connectivity index (χ0v) is 23.8. The van der Waals surface area contributed by atoms with Crippen molar-refractivity contribution >= 4 is 44.9 Å². The van der Waals surface area contributed by atoms with E-state index in [0.717, 1.165) is 102 Å². The number of nitrogens with one attached hydrogen (secondary N) is 3. The first-order valence-corrected chi connectivity index (χ1v) is 14.6. The van der Waals surface area contributed by atoms with Gasteiger partial charge in [-0.05, 0) is 88.1 Å². The molecular formula is C32H37N9. The summed E-state index contributed by atoms with van der Waals surface area (Å²) in [5.41, 5.74) is 6.33. The van der Waals surface area contributed by atoms with E-state index in [1.54, 1.807) is 6.33 Å². The number of likely N-dealkylation sites (N-methyl/N-ethyl adjacent to an activating group) is 1. The van der Waals surface area contributed by atoms with Gasteiger partial charge in [-0.15, -0.1) is 0 Å². The summed E-state index contributed by atoms with van der Waals surface area (Å²) in [7, 11) is 4.37. The van der Waals surface area contributed by atoms with Gasteiger partial charge in [-0.2, -0.15) is 0 Å². The van der Waals surface area contributed by atoms with Crippen LogP contribution in [0.3, 0.4) is 0 Å². The Labute approximate surface area is 240 Å². The first kappa shape index (κ1) is 25.7. The monoisotopic (exact) mass is 547 g/mol. The van der Waals surface area contributed by atoms with E-state index in [-0.39, 0.29) is 0 Å². The molecule has 9 heteroatoms. The zero-order chi connectivity index (χ0) is 27.8. The summed E-state index contributed by atoms with van der Waals surface area (Å²) in [6, 6.07) is 19.7. The van der Waals surface area contributed by atoms with Crippen molar-refractivity contribution < 1.29 is 0 Å². The maximum absolute atomic E-state index is 4.90. The van der Waals surface area contributed by atoms with Crippen molar-refractivity contribution in [2.24, 2.45) is 0 Å². The molecule has 0 saturated carbocycles. The summed E-state index contributed by atoms with van der Waals surface area (Å²) >= 11 is 0. The highest BCUT2D eigenvalue weighted by atomic mass is 15.2. The molecule has 2 saturated heterocycles. The Kier molecular flexibility index (Phi) is 6.90. The molecule has 210 valence electrons. The van der Waals surface area contributed by atoms with Crippen LogP contribution in [0.15, 0.2) is 67.1 Å². The van der Waals surface area contributed by atoms with Crippen LogP contribution in [0.1, 0.15) is 12.8 Å². The van der Waals surface area contributed by atoms with Gasteiger partial charge >= 0.3 is 0 Å². The van der Waals surface area contributed by atoms with Crippen molar-refractivity contribution in [3.63, 3.8) is 0 Å². The minimum atomic E-state index is 0.429. The second kappa shape index (κ2) is 11.0. The molecule has 2 aliphatic heterocycles. The Hall–Kier alpha value is -4.21. The van der Waals surface area contributed by atoms with E-state index >= 15 is 0 Å². The summed E-state index contributed by atoms with van der Waals surface area (Å²) in [5.74, 6) is 1.73. The molecular weight excluding hydrogens is 510 g/mol. The lowest BCUT2D eigenvalue weighted by molar-refractivity contribution is 0.264. The largest absolute Gasteiger partial charge is 0.369 e. The van der Waals surface area contributed by atoms with Gasteiger partial charge in [-0.1, -0.05) is 12.1 Å². The molecule has 41 heavy (non-hydrogen) atoms. The SMILES string of the molecule is CN1CCC(Nc2ncnc3ccc(-c4c[nH]c5nc(Nc6cccc(N7CCN(C)CC7)c6)ccc45)cc23)CC1. The van der Waals surface area contributed by atoms with Crippen LogP contribution < -0.4 is 15.5 Å². The number of H-pyrrole nitrogens is 1. The number of anilines is 4. The molecule has 0 spiro atoms. The van der Waals surface area contributed by atoms with E-state index in [1.165, 1.54) is 5.69 Å². The molecule has 9 nitrogen and oxygen atoms in total. The fraction of sp³-hybridized carbons (Fsp3) is 0.344. The highest BCUT2D eigenvalue weighted by Crippen LogP contribution is 2.33. The minimum Gasteiger partial charge on any atom is -0.369 e. The molecule has 0 amide bonds. The number of aromatic amines is 1. The van der Waals surface area contributed by atoms with Crippen LogP contribution in [-0.2, 0) is 0 Å². The van der Waals surface area contributed by atoms with Gasteiger partial charge in [0.05, 0.1) is 5.52 Å². The third-order valence-electron chi connectivity index (χ3n) is 8.53. The van der Waals surface area contributed by atoms with Crippen molar-refractivity contribution in [2.45, 2.75) is 18.9 Å². The molecule has 7 rings (SSSR count). The summed E-state index contributed by atoms with van der Waals surface area (Å²) in [4.78, 5) is 24.7. The molecule has 0 atom stereocenters. The van der Waals surface area contributed by atoms with E-state index in [2.05, 4.69) is 109 Å². The average Bonchev–Trinajstić information content (AvgIpc) is 3.42. The molecule has 0 bridgehead atoms. The Balaban J connectivity index is 1.12. The highest BCUT2D eigenvalue weighted by Gasteiger charge is 2.19. The summed E-state index contributed by atoms with van der Waals surface area (Å²) < 4.78 is 0. The first-order valence-electron chi connectivity index (χ1n) is 14.6. The molecule has 0 unspecified atom stereocenters. The lowest BCUT2D eigenvalue weighted by atomic mass is 10.0. The van der Waals surface area contributed by atoms with Gasteiger partial charge < -0.3 is 30.3 Å². The van der Waals surface area contributed by atoms with E-state index in [1.807, 2.05) is 6.20 Å². The number of hydrogen-bond donors (Lipinski definition) is 3. The van der Waals surface area contributed by atoms with Crippen molar-refractivity contribution in [3.8, 4) is 11.1 Å². The molecule has 5 aromatic rings. The Morgan fingerprint density at radius 3 is 2.51 bits per heavy atom. The fourth-order valence-corrected chi connectivity index (χ4v) is 5.99. The Bertz CT molecular complexity index is 1660. The van der Waals surface area contributed by atoms with Crippen LogP contribution in [-0.4, -0.2) is 89.1 Å². The second-order valence-electron chi connectivity index (χ2n) is 11.4. The molecule has 0 radical (unpaired) electrons. The molecule has 2 aliphatic rings. The van der Waals surface area contributed by atoms with E-state index in [0.29, 0.717) is 6.04 Å². The van der Waals surface area contributed by atoms with Gasteiger partial charge in [-0.25, -0.2) is 15.0 Å². The topological polar surface area (TPSA) is 88.2 Å². The number of hydrogen-bond acceptors (Lipinski definition) is 8. The zero-order valence-electron chi connectivity index (χ0n) is 23.8. The summed E-state index contributed by atoms with van der Waals surface area (Å²) in [5, 5.41) is 9.34. The van der Waals surface area contributed by atoms with Crippen molar-refractivity contribution in [3.05, 3.63) is 67.1 Å². The number of nitrogens with zero attached hydrogens (tertiary/aromatic N) is 6. The predicted octanol–water partition coefficient (Wildman–Crippen LogP) is 5.17. The number of benzene rings is 2. The van der Waals surface area contributed by atoms with E-state index in [9.17, 15) is 0 Å². The maximum atomic E-state index is 4.90. The highest BCUT2D eigenvalue weighted by molar-refractivity contribution is 5.99. The standard InChI is InChI=1S/C32H37N9/c1-39-12-10-23(11-13-39)37-32-27-18-22(6-8-29(27)34-21-35-32)28-20-33-31-26(28)7-9-30(38-31)36-24-4-3-5-25(19-24)41-16-14-40(2)15-17-41/h3-9,18-21,23H,10-17H2,1-2H3,(H2,33,36,38)(H,34,35,37).